The second-order valence-corrected chi connectivity index (χ2v) is 6.62. The fourth-order valence-corrected chi connectivity index (χ4v) is 2.56. The van der Waals surface area contributed by atoms with Crippen LogP contribution >= 0.6 is 0 Å². The lowest BCUT2D eigenvalue weighted by molar-refractivity contribution is -0.153. The molecule has 4 nitrogen and oxygen atoms in total. The molecule has 1 aromatic carbocycles. The quantitative estimate of drug-likeness (QED) is 0.928. The van der Waals surface area contributed by atoms with E-state index >= 15 is 0 Å². The zero-order chi connectivity index (χ0) is 15.8. The SMILES string of the molecule is CC(C)c1ccc(CN2C(=O)C(C)(C)NC(=O)C2C)cc1. The van der Waals surface area contributed by atoms with Crippen LogP contribution in [0.3, 0.4) is 0 Å². The summed E-state index contributed by atoms with van der Waals surface area (Å²) in [5.74, 6) is 0.347. The predicted octanol–water partition coefficient (Wildman–Crippen LogP) is 2.44. The van der Waals surface area contributed by atoms with Crippen molar-refractivity contribution in [2.45, 2.75) is 58.7 Å². The summed E-state index contributed by atoms with van der Waals surface area (Å²) in [5.41, 5.74) is 1.49. The summed E-state index contributed by atoms with van der Waals surface area (Å²) in [6, 6.07) is 7.81. The molecule has 2 amide bonds. The Bertz CT molecular complexity index is 546. The zero-order valence-electron chi connectivity index (χ0n) is 13.4. The van der Waals surface area contributed by atoms with Crippen molar-refractivity contribution in [2.75, 3.05) is 0 Å². The minimum Gasteiger partial charge on any atom is -0.340 e. The largest absolute Gasteiger partial charge is 0.340 e. The van der Waals surface area contributed by atoms with Crippen molar-refractivity contribution in [3.63, 3.8) is 0 Å². The number of hydrogen-bond acceptors (Lipinski definition) is 2. The predicted molar refractivity (Wildman–Crippen MR) is 82.8 cm³/mol. The molecule has 0 aromatic heterocycles. The number of amides is 2. The van der Waals surface area contributed by atoms with E-state index in [4.69, 9.17) is 0 Å². The average Bonchev–Trinajstić information content (AvgIpc) is 2.42. The maximum atomic E-state index is 12.5. The number of nitrogens with one attached hydrogen (secondary N) is 1. The molecule has 114 valence electrons. The number of benzene rings is 1. The minimum absolute atomic E-state index is 0.0393. The number of hydrogen-bond donors (Lipinski definition) is 1. The Morgan fingerprint density at radius 1 is 1.19 bits per heavy atom. The highest BCUT2D eigenvalue weighted by molar-refractivity contribution is 5.99. The van der Waals surface area contributed by atoms with Crippen LogP contribution in [0.4, 0.5) is 0 Å². The Morgan fingerprint density at radius 2 is 1.76 bits per heavy atom. The van der Waals surface area contributed by atoms with Gasteiger partial charge in [-0.15, -0.1) is 0 Å². The van der Waals surface area contributed by atoms with Gasteiger partial charge in [0.05, 0.1) is 0 Å². The van der Waals surface area contributed by atoms with Gasteiger partial charge in [0, 0.05) is 6.54 Å². The molecule has 0 spiro atoms. The van der Waals surface area contributed by atoms with Gasteiger partial charge in [-0.1, -0.05) is 38.1 Å². The Kier molecular flexibility index (Phi) is 4.08. The third-order valence-electron chi connectivity index (χ3n) is 4.08. The van der Waals surface area contributed by atoms with Gasteiger partial charge >= 0.3 is 0 Å². The van der Waals surface area contributed by atoms with Crippen molar-refractivity contribution < 1.29 is 9.59 Å². The van der Waals surface area contributed by atoms with E-state index in [0.29, 0.717) is 12.5 Å². The fourth-order valence-electron chi connectivity index (χ4n) is 2.56. The van der Waals surface area contributed by atoms with E-state index < -0.39 is 11.6 Å². The summed E-state index contributed by atoms with van der Waals surface area (Å²) in [7, 11) is 0. The van der Waals surface area contributed by atoms with Crippen molar-refractivity contribution in [1.82, 2.24) is 10.2 Å². The molecular formula is C17H24N2O2. The summed E-state index contributed by atoms with van der Waals surface area (Å²) in [4.78, 5) is 26.1. The van der Waals surface area contributed by atoms with Crippen molar-refractivity contribution in [2.24, 2.45) is 0 Å². The van der Waals surface area contributed by atoms with Crippen LogP contribution in [0, 0.1) is 0 Å². The van der Waals surface area contributed by atoms with Crippen molar-refractivity contribution in [1.29, 1.82) is 0 Å². The lowest BCUT2D eigenvalue weighted by Crippen LogP contribution is -2.66. The molecule has 1 aliphatic heterocycles. The first-order chi connectivity index (χ1) is 9.72. The van der Waals surface area contributed by atoms with Crippen LogP contribution in [0.15, 0.2) is 24.3 Å². The van der Waals surface area contributed by atoms with E-state index in [9.17, 15) is 9.59 Å². The van der Waals surface area contributed by atoms with Crippen LogP contribution in [0.5, 0.6) is 0 Å². The van der Waals surface area contributed by atoms with Gasteiger partial charge in [0.15, 0.2) is 0 Å². The molecule has 0 bridgehead atoms. The Hall–Kier alpha value is -1.84. The Morgan fingerprint density at radius 3 is 2.29 bits per heavy atom. The van der Waals surface area contributed by atoms with Crippen LogP contribution in [0.2, 0.25) is 0 Å². The van der Waals surface area contributed by atoms with E-state index in [1.54, 1.807) is 25.7 Å². The number of piperazine rings is 1. The van der Waals surface area contributed by atoms with Gasteiger partial charge in [-0.3, -0.25) is 9.59 Å². The van der Waals surface area contributed by atoms with Crippen molar-refractivity contribution in [3.8, 4) is 0 Å². The summed E-state index contributed by atoms with van der Waals surface area (Å²) < 4.78 is 0. The van der Waals surface area contributed by atoms with Gasteiger partial charge in [-0.2, -0.15) is 0 Å². The van der Waals surface area contributed by atoms with Crippen LogP contribution < -0.4 is 5.32 Å². The number of carbonyl (C=O) groups excluding carboxylic acids is 2. The second kappa shape index (κ2) is 5.51. The summed E-state index contributed by atoms with van der Waals surface area (Å²) in [5, 5.41) is 2.76. The van der Waals surface area contributed by atoms with Crippen molar-refractivity contribution >= 4 is 11.8 Å². The van der Waals surface area contributed by atoms with E-state index in [2.05, 4.69) is 31.3 Å². The molecule has 1 atom stereocenters. The monoisotopic (exact) mass is 288 g/mol. The maximum Gasteiger partial charge on any atom is 0.248 e. The second-order valence-electron chi connectivity index (χ2n) is 6.62. The van der Waals surface area contributed by atoms with Gasteiger partial charge in [-0.05, 0) is 37.8 Å². The van der Waals surface area contributed by atoms with Gasteiger partial charge in [-0.25, -0.2) is 0 Å². The van der Waals surface area contributed by atoms with E-state index in [1.807, 2.05) is 12.1 Å². The number of carbonyl (C=O) groups is 2. The molecule has 21 heavy (non-hydrogen) atoms. The topological polar surface area (TPSA) is 49.4 Å². The molecular weight excluding hydrogens is 264 g/mol. The first-order valence-corrected chi connectivity index (χ1v) is 7.44. The number of rotatable bonds is 3. The standard InChI is InChI=1S/C17H24N2O2/c1-11(2)14-8-6-13(7-9-14)10-19-12(3)15(20)18-17(4,5)16(19)21/h6-9,11-12H,10H2,1-5H3,(H,18,20). The van der Waals surface area contributed by atoms with Crippen LogP contribution in [-0.4, -0.2) is 28.3 Å². The lowest BCUT2D eigenvalue weighted by Gasteiger charge is -2.41. The molecule has 1 N–H and O–H groups in total. The molecule has 1 aromatic rings. The zero-order valence-corrected chi connectivity index (χ0v) is 13.4. The number of nitrogens with zero attached hydrogens (tertiary/aromatic N) is 1. The van der Waals surface area contributed by atoms with E-state index in [-0.39, 0.29) is 11.8 Å². The highest BCUT2D eigenvalue weighted by atomic mass is 16.2. The first kappa shape index (κ1) is 15.5. The summed E-state index contributed by atoms with van der Waals surface area (Å²) in [6.07, 6.45) is 0. The molecule has 0 saturated carbocycles. The Balaban J connectivity index is 2.20. The van der Waals surface area contributed by atoms with Crippen LogP contribution in [0.25, 0.3) is 0 Å². The molecule has 1 saturated heterocycles. The molecule has 0 aliphatic carbocycles. The maximum absolute atomic E-state index is 12.5. The molecule has 1 aliphatic rings. The van der Waals surface area contributed by atoms with Crippen molar-refractivity contribution in [3.05, 3.63) is 35.4 Å². The third kappa shape index (κ3) is 3.09. The molecule has 1 heterocycles. The Labute approximate surface area is 126 Å². The molecule has 0 radical (unpaired) electrons. The lowest BCUT2D eigenvalue weighted by atomic mass is 9.96. The van der Waals surface area contributed by atoms with Crippen LogP contribution in [0.1, 0.15) is 51.7 Å². The van der Waals surface area contributed by atoms with Gasteiger partial charge in [0.1, 0.15) is 11.6 Å². The van der Waals surface area contributed by atoms with Gasteiger partial charge in [0.25, 0.3) is 0 Å². The summed E-state index contributed by atoms with van der Waals surface area (Å²) >= 11 is 0. The van der Waals surface area contributed by atoms with E-state index in [1.165, 1.54) is 5.56 Å². The molecule has 2 rings (SSSR count). The highest BCUT2D eigenvalue weighted by Gasteiger charge is 2.43. The highest BCUT2D eigenvalue weighted by Crippen LogP contribution is 2.21. The molecule has 1 unspecified atom stereocenters. The van der Waals surface area contributed by atoms with E-state index in [0.717, 1.165) is 5.56 Å². The van der Waals surface area contributed by atoms with Gasteiger partial charge < -0.3 is 10.2 Å². The molecule has 4 heteroatoms. The average molecular weight is 288 g/mol. The van der Waals surface area contributed by atoms with Crippen LogP contribution in [-0.2, 0) is 16.1 Å². The minimum atomic E-state index is -0.832. The molecule has 1 fully saturated rings. The normalized spacial score (nSPS) is 21.6. The smallest absolute Gasteiger partial charge is 0.248 e. The summed E-state index contributed by atoms with van der Waals surface area (Å²) in [6.45, 7) is 10.0. The first-order valence-electron chi connectivity index (χ1n) is 7.44. The third-order valence-corrected chi connectivity index (χ3v) is 4.08. The van der Waals surface area contributed by atoms with Gasteiger partial charge in [0.2, 0.25) is 11.8 Å². The fraction of sp³-hybridized carbons (Fsp3) is 0.529.